The molecule has 0 unspecified atom stereocenters. The number of hydrogen-bond donors (Lipinski definition) is 2. The van der Waals surface area contributed by atoms with Crippen LogP contribution in [0.25, 0.3) is 0 Å². The Morgan fingerprint density at radius 2 is 1.81 bits per heavy atom. The Morgan fingerprint density at radius 1 is 1.19 bits per heavy atom. The van der Waals surface area contributed by atoms with Gasteiger partial charge in [0.25, 0.3) is 5.24 Å². The molecular formula is C18H26N2O6S. The van der Waals surface area contributed by atoms with Gasteiger partial charge in [0, 0.05) is 12.3 Å². The maximum Gasteiger partial charge on any atom is 0.426 e. The van der Waals surface area contributed by atoms with Crippen LogP contribution in [0.2, 0.25) is 0 Å². The number of carbonyl (C=O) groups is 3. The number of amides is 2. The van der Waals surface area contributed by atoms with Crippen LogP contribution >= 0.6 is 11.8 Å². The maximum atomic E-state index is 12.3. The van der Waals surface area contributed by atoms with Gasteiger partial charge in [0.05, 0.1) is 19.3 Å². The van der Waals surface area contributed by atoms with E-state index in [2.05, 4.69) is 10.2 Å². The van der Waals surface area contributed by atoms with Crippen LogP contribution in [-0.4, -0.2) is 59.0 Å². The minimum Gasteiger partial charge on any atom is -0.465 e. The highest BCUT2D eigenvalue weighted by Crippen LogP contribution is 2.12. The molecule has 2 N–H and O–H groups in total. The van der Waals surface area contributed by atoms with Crippen LogP contribution in [0, 0.1) is 0 Å². The molecule has 9 heteroatoms. The highest BCUT2D eigenvalue weighted by atomic mass is 32.2. The third-order valence-corrected chi connectivity index (χ3v) is 4.02. The van der Waals surface area contributed by atoms with Crippen molar-refractivity contribution in [2.45, 2.75) is 32.8 Å². The summed E-state index contributed by atoms with van der Waals surface area (Å²) >= 11 is 0.895. The molecule has 150 valence electrons. The van der Waals surface area contributed by atoms with E-state index in [9.17, 15) is 14.4 Å². The highest BCUT2D eigenvalue weighted by molar-refractivity contribution is 8.13. The fourth-order valence-corrected chi connectivity index (χ4v) is 2.54. The largest absolute Gasteiger partial charge is 0.465 e. The van der Waals surface area contributed by atoms with Crippen molar-refractivity contribution >= 4 is 29.1 Å². The quantitative estimate of drug-likeness (QED) is 0.560. The van der Waals surface area contributed by atoms with Gasteiger partial charge < -0.3 is 14.6 Å². The lowest BCUT2D eigenvalue weighted by Crippen LogP contribution is -2.47. The summed E-state index contributed by atoms with van der Waals surface area (Å²) in [6, 6.07) is 6.77. The van der Waals surface area contributed by atoms with Gasteiger partial charge >= 0.3 is 12.1 Å². The minimum absolute atomic E-state index is 0.147. The van der Waals surface area contributed by atoms with Crippen LogP contribution in [0.15, 0.2) is 24.3 Å². The molecule has 0 saturated heterocycles. The molecule has 0 atom stereocenters. The molecule has 0 aromatic heterocycles. The number of nitrogens with one attached hydrogen (secondary N) is 1. The van der Waals surface area contributed by atoms with E-state index in [1.165, 1.54) is 7.11 Å². The summed E-state index contributed by atoms with van der Waals surface area (Å²) in [6.45, 7) is 5.23. The normalized spacial score (nSPS) is 10.9. The summed E-state index contributed by atoms with van der Waals surface area (Å²) < 4.78 is 9.83. The molecule has 1 aromatic carbocycles. The Labute approximate surface area is 163 Å². The molecule has 27 heavy (non-hydrogen) atoms. The number of thioether (sulfide) groups is 1. The molecule has 1 aromatic rings. The number of ether oxygens (including phenoxy) is 2. The molecular weight excluding hydrogens is 372 g/mol. The van der Waals surface area contributed by atoms with Gasteiger partial charge in [-0.05, 0) is 44.9 Å². The number of esters is 1. The average molecular weight is 398 g/mol. The molecule has 1 rings (SSSR count). The van der Waals surface area contributed by atoms with Crippen molar-refractivity contribution in [2.24, 2.45) is 0 Å². The maximum absolute atomic E-state index is 12.3. The van der Waals surface area contributed by atoms with E-state index in [0.717, 1.165) is 22.3 Å². The number of methoxy groups -OCH3 is 1. The molecule has 0 spiro atoms. The zero-order valence-electron chi connectivity index (χ0n) is 16.0. The number of aliphatic hydroxyl groups is 1. The van der Waals surface area contributed by atoms with Crippen LogP contribution in [0.1, 0.15) is 36.7 Å². The molecule has 0 bridgehead atoms. The number of hydrazine groups is 1. The molecule has 0 heterocycles. The van der Waals surface area contributed by atoms with Gasteiger partial charge in [-0.3, -0.25) is 4.79 Å². The van der Waals surface area contributed by atoms with Gasteiger partial charge in [0.15, 0.2) is 0 Å². The first-order valence-corrected chi connectivity index (χ1v) is 9.37. The molecule has 0 aliphatic heterocycles. The second-order valence-electron chi connectivity index (χ2n) is 6.54. The number of carbonyl (C=O) groups excluding carboxylic acids is 3. The van der Waals surface area contributed by atoms with E-state index in [1.807, 2.05) is 0 Å². The standard InChI is InChI=1S/C18H26N2O6S/c1-18(2,3)26-16(23)19-20(17(24)27-12-11-21)10-9-13-5-7-14(8-6-13)15(22)25-4/h5-8,21H,9-12H2,1-4H3,(H,19,23). The number of aliphatic hydroxyl groups excluding tert-OH is 1. The number of rotatable bonds is 6. The molecule has 2 amide bonds. The molecule has 0 radical (unpaired) electrons. The minimum atomic E-state index is -0.735. The van der Waals surface area contributed by atoms with Crippen molar-refractivity contribution in [3.63, 3.8) is 0 Å². The number of nitrogens with zero attached hydrogens (tertiary/aromatic N) is 1. The van der Waals surface area contributed by atoms with Crippen LogP contribution in [0.3, 0.4) is 0 Å². The Morgan fingerprint density at radius 3 is 2.33 bits per heavy atom. The van der Waals surface area contributed by atoms with Gasteiger partial charge in [-0.25, -0.2) is 20.0 Å². The summed E-state index contributed by atoms with van der Waals surface area (Å²) in [4.78, 5) is 35.7. The lowest BCUT2D eigenvalue weighted by molar-refractivity contribution is 0.0395. The highest BCUT2D eigenvalue weighted by Gasteiger charge is 2.21. The predicted molar refractivity (Wildman–Crippen MR) is 103 cm³/mol. The van der Waals surface area contributed by atoms with Gasteiger partial charge in [0.2, 0.25) is 0 Å². The third kappa shape index (κ3) is 8.78. The monoisotopic (exact) mass is 398 g/mol. The van der Waals surface area contributed by atoms with Crippen molar-refractivity contribution in [3.8, 4) is 0 Å². The second-order valence-corrected chi connectivity index (χ2v) is 7.59. The Kier molecular flexibility index (Phi) is 9.10. The third-order valence-electron chi connectivity index (χ3n) is 3.16. The zero-order valence-corrected chi connectivity index (χ0v) is 16.8. The lowest BCUT2D eigenvalue weighted by Gasteiger charge is -2.26. The fraction of sp³-hybridized carbons (Fsp3) is 0.500. The Hall–Kier alpha value is -2.26. The summed E-state index contributed by atoms with van der Waals surface area (Å²) in [5.74, 6) is -0.204. The summed E-state index contributed by atoms with van der Waals surface area (Å²) in [6.07, 6.45) is -0.288. The van der Waals surface area contributed by atoms with Gasteiger partial charge in [-0.15, -0.1) is 0 Å². The summed E-state index contributed by atoms with van der Waals surface area (Å²) in [5, 5.41) is 9.64. The second kappa shape index (κ2) is 10.8. The van der Waals surface area contributed by atoms with E-state index >= 15 is 0 Å². The lowest BCUT2D eigenvalue weighted by atomic mass is 10.1. The van der Waals surface area contributed by atoms with E-state index < -0.39 is 22.9 Å². The van der Waals surface area contributed by atoms with Gasteiger partial charge in [0.1, 0.15) is 5.60 Å². The number of benzene rings is 1. The Bertz CT molecular complexity index is 642. The summed E-state index contributed by atoms with van der Waals surface area (Å²) in [5.41, 5.74) is 3.05. The van der Waals surface area contributed by atoms with Crippen molar-refractivity contribution in [3.05, 3.63) is 35.4 Å². The van der Waals surface area contributed by atoms with Gasteiger partial charge in [-0.2, -0.15) is 0 Å². The molecule has 8 nitrogen and oxygen atoms in total. The SMILES string of the molecule is COC(=O)c1ccc(CCN(NC(=O)OC(C)(C)C)C(=O)SCCO)cc1. The Balaban J connectivity index is 2.73. The van der Waals surface area contributed by atoms with Crippen molar-refractivity contribution < 1.29 is 29.0 Å². The zero-order chi connectivity index (χ0) is 20.4. The topological polar surface area (TPSA) is 105 Å². The predicted octanol–water partition coefficient (Wildman–Crippen LogP) is 2.60. The van der Waals surface area contributed by atoms with E-state index in [0.29, 0.717) is 12.0 Å². The van der Waals surface area contributed by atoms with E-state index in [4.69, 9.17) is 9.84 Å². The average Bonchev–Trinajstić information content (AvgIpc) is 2.61. The van der Waals surface area contributed by atoms with Crippen molar-refractivity contribution in [1.82, 2.24) is 10.4 Å². The van der Waals surface area contributed by atoms with Crippen LogP contribution in [0.5, 0.6) is 0 Å². The first kappa shape index (κ1) is 22.8. The fourth-order valence-electron chi connectivity index (χ4n) is 1.98. The molecule has 0 aliphatic carbocycles. The van der Waals surface area contributed by atoms with Gasteiger partial charge in [-0.1, -0.05) is 23.9 Å². The first-order chi connectivity index (χ1) is 12.7. The molecule has 0 fully saturated rings. The number of hydrogen-bond acceptors (Lipinski definition) is 7. The van der Waals surface area contributed by atoms with Crippen LogP contribution in [-0.2, 0) is 15.9 Å². The smallest absolute Gasteiger partial charge is 0.426 e. The molecule has 0 aliphatic rings. The van der Waals surface area contributed by atoms with Crippen molar-refractivity contribution in [2.75, 3.05) is 26.0 Å². The van der Waals surface area contributed by atoms with Crippen molar-refractivity contribution in [1.29, 1.82) is 0 Å². The molecule has 0 saturated carbocycles. The van der Waals surface area contributed by atoms with E-state index in [-0.39, 0.29) is 18.9 Å². The van der Waals surface area contributed by atoms with E-state index in [1.54, 1.807) is 45.0 Å². The van der Waals surface area contributed by atoms with Crippen LogP contribution < -0.4 is 5.43 Å². The first-order valence-electron chi connectivity index (χ1n) is 8.38. The van der Waals surface area contributed by atoms with Crippen LogP contribution in [0.4, 0.5) is 9.59 Å². The summed E-state index contributed by atoms with van der Waals surface area (Å²) in [7, 11) is 1.31.